The van der Waals surface area contributed by atoms with Gasteiger partial charge in [-0.3, -0.25) is 9.59 Å². The molecule has 0 aromatic heterocycles. The standard InChI is InChI=1S/C40H63NO10.2H2/c1-9-24-11-10-12-33(51-35-14-13-32(41(6)7)22(4)47-35)21(3)36(43)31-18-29-27(30(31)19-34(42)49-24)15-20(2)26-16-25(17-28(26)29)50-40-39(46-8)38(45)37(44)23(5)48-40;;/h15,18,21-30,32-33,35,37-40,44-45H,9-14,16-17,19H2,1-8H3;2*1H/t21-,22-,23+,24+,25+,26+,27-,28-,29-,30+,32+,33+,35+,37+,38-,39-,40+;;/m1../s1. The zero-order chi connectivity index (χ0) is 36.7. The number of ether oxygens (including phenoxy) is 6. The van der Waals surface area contributed by atoms with E-state index in [2.05, 4.69) is 51.9 Å². The van der Waals surface area contributed by atoms with Gasteiger partial charge in [0, 0.05) is 27.8 Å². The monoisotopic (exact) mass is 721 g/mol. The summed E-state index contributed by atoms with van der Waals surface area (Å²) in [6.07, 6.45) is 5.54. The van der Waals surface area contributed by atoms with E-state index in [9.17, 15) is 19.8 Å². The van der Waals surface area contributed by atoms with E-state index in [0.29, 0.717) is 12.5 Å². The van der Waals surface area contributed by atoms with Crippen LogP contribution in [0.4, 0.5) is 0 Å². The van der Waals surface area contributed by atoms with Crippen molar-refractivity contribution in [1.29, 1.82) is 0 Å². The highest BCUT2D eigenvalue weighted by Crippen LogP contribution is 2.56. The molecular weight excluding hydrogens is 654 g/mol. The number of aliphatic hydroxyl groups excluding tert-OH is 2. The van der Waals surface area contributed by atoms with E-state index in [-0.39, 0.29) is 81.3 Å². The molecule has 51 heavy (non-hydrogen) atoms. The van der Waals surface area contributed by atoms with Crippen molar-refractivity contribution in [3.63, 3.8) is 0 Å². The van der Waals surface area contributed by atoms with Crippen molar-refractivity contribution in [3.05, 3.63) is 23.3 Å². The number of nitrogens with zero attached hydrogens (tertiary/aromatic N) is 1. The highest BCUT2D eigenvalue weighted by molar-refractivity contribution is 5.99. The smallest absolute Gasteiger partial charge is 0.306 e. The Morgan fingerprint density at radius 1 is 0.922 bits per heavy atom. The lowest BCUT2D eigenvalue weighted by Crippen LogP contribution is -2.58. The Morgan fingerprint density at radius 2 is 1.69 bits per heavy atom. The second kappa shape index (κ2) is 16.3. The molecule has 3 saturated heterocycles. The topological polar surface area (TPSA) is 133 Å². The molecule has 292 valence electrons. The van der Waals surface area contributed by atoms with Gasteiger partial charge in [-0.15, -0.1) is 0 Å². The fourth-order valence-corrected chi connectivity index (χ4v) is 10.2. The first-order valence-corrected chi connectivity index (χ1v) is 19.6. The number of ketones is 1. The van der Waals surface area contributed by atoms with Crippen molar-refractivity contribution < 1.29 is 51.1 Å². The number of rotatable bonds is 7. The van der Waals surface area contributed by atoms with Gasteiger partial charge in [0.05, 0.1) is 30.8 Å². The lowest BCUT2D eigenvalue weighted by atomic mass is 9.67. The summed E-state index contributed by atoms with van der Waals surface area (Å²) in [6, 6.07) is 0.327. The number of fused-ring (bicyclic) bond motifs is 5. The molecule has 6 rings (SSSR count). The van der Waals surface area contributed by atoms with E-state index >= 15 is 0 Å². The zero-order valence-corrected chi connectivity index (χ0v) is 31.9. The van der Waals surface area contributed by atoms with Crippen LogP contribution in [0.15, 0.2) is 23.3 Å². The highest BCUT2D eigenvalue weighted by Gasteiger charge is 2.53. The maximum Gasteiger partial charge on any atom is 0.306 e. The van der Waals surface area contributed by atoms with Gasteiger partial charge in [0.2, 0.25) is 0 Å². The number of carbonyl (C=O) groups excluding carboxylic acids is 2. The van der Waals surface area contributed by atoms with Crippen molar-refractivity contribution in [3.8, 4) is 0 Å². The molecule has 0 bridgehead atoms. The largest absolute Gasteiger partial charge is 0.462 e. The number of esters is 1. The van der Waals surface area contributed by atoms with Gasteiger partial charge in [-0.2, -0.15) is 0 Å². The van der Waals surface area contributed by atoms with Crippen LogP contribution in [0.25, 0.3) is 0 Å². The second-order valence-electron chi connectivity index (χ2n) is 16.5. The Balaban J connectivity index is 0.00000314. The van der Waals surface area contributed by atoms with Crippen LogP contribution in [0.1, 0.15) is 95.3 Å². The summed E-state index contributed by atoms with van der Waals surface area (Å²) < 4.78 is 37.2. The predicted molar refractivity (Wildman–Crippen MR) is 193 cm³/mol. The Kier molecular flexibility index (Phi) is 12.5. The van der Waals surface area contributed by atoms with Crippen molar-refractivity contribution in [2.45, 2.75) is 160 Å². The third-order valence-electron chi connectivity index (χ3n) is 13.2. The SMILES string of the molecule is CC[C@H]1CCC[C@H](O[C@H]2CC[C@H](N(C)C)[C@@H](C)O2)[C@@H](C)C(=O)C2=C[C@@H]3[C@@H](C=C(C)[C@@H]4C[C@H](O[C@@H]5O[C@@H](C)[C@H](O)[C@@H](O)[C@H]5OC)C[C@@H]34)[C@@H]2CC(=O)O1.[HH].[HH]. The van der Waals surface area contributed by atoms with Gasteiger partial charge < -0.3 is 43.5 Å². The van der Waals surface area contributed by atoms with Crippen LogP contribution in [-0.4, -0.2) is 116 Å². The molecule has 0 aromatic rings. The molecule has 0 radical (unpaired) electrons. The number of hydrogen-bond donors (Lipinski definition) is 2. The number of cyclic esters (lactones) is 1. The first-order chi connectivity index (χ1) is 24.3. The van der Waals surface area contributed by atoms with Crippen LogP contribution in [0.5, 0.6) is 0 Å². The third-order valence-corrected chi connectivity index (χ3v) is 13.2. The average Bonchev–Trinajstić information content (AvgIpc) is 3.67. The molecule has 3 aliphatic heterocycles. The van der Waals surface area contributed by atoms with Crippen LogP contribution in [0.2, 0.25) is 0 Å². The molecule has 3 heterocycles. The fraction of sp³-hybridized carbons (Fsp3) is 0.850. The van der Waals surface area contributed by atoms with Crippen molar-refractivity contribution in [2.75, 3.05) is 21.2 Å². The lowest BCUT2D eigenvalue weighted by molar-refractivity contribution is -0.308. The summed E-state index contributed by atoms with van der Waals surface area (Å²) in [6.45, 7) is 10.0. The molecule has 0 spiro atoms. The van der Waals surface area contributed by atoms with E-state index < -0.39 is 36.6 Å². The van der Waals surface area contributed by atoms with Gasteiger partial charge in [-0.05, 0) is 115 Å². The quantitative estimate of drug-likeness (QED) is 0.270. The van der Waals surface area contributed by atoms with E-state index in [0.717, 1.165) is 50.5 Å². The lowest BCUT2D eigenvalue weighted by Gasteiger charge is -2.41. The van der Waals surface area contributed by atoms with Crippen LogP contribution in [0.3, 0.4) is 0 Å². The van der Waals surface area contributed by atoms with Crippen LogP contribution >= 0.6 is 0 Å². The Hall–Kier alpha value is -1.70. The van der Waals surface area contributed by atoms with E-state index in [4.69, 9.17) is 28.4 Å². The summed E-state index contributed by atoms with van der Waals surface area (Å²) >= 11 is 0. The van der Waals surface area contributed by atoms with Gasteiger partial charge in [0.15, 0.2) is 18.4 Å². The zero-order valence-electron chi connectivity index (χ0n) is 31.9. The third kappa shape index (κ3) is 8.07. The fourth-order valence-electron chi connectivity index (χ4n) is 10.2. The number of carbonyl (C=O) groups is 2. The van der Waals surface area contributed by atoms with E-state index in [1.54, 1.807) is 6.92 Å². The normalized spacial score (nSPS) is 46.6. The van der Waals surface area contributed by atoms with Gasteiger partial charge in [0.25, 0.3) is 0 Å². The second-order valence-corrected chi connectivity index (χ2v) is 16.5. The molecule has 17 atom stereocenters. The van der Waals surface area contributed by atoms with Gasteiger partial charge in [-0.25, -0.2) is 0 Å². The van der Waals surface area contributed by atoms with E-state index in [1.165, 1.54) is 12.7 Å². The summed E-state index contributed by atoms with van der Waals surface area (Å²) in [5.74, 6) is -0.283. The van der Waals surface area contributed by atoms with E-state index in [1.807, 2.05) is 6.92 Å². The number of likely N-dealkylation sites (N-methyl/N-ethyl adjacent to an activating group) is 1. The number of hydrogen-bond acceptors (Lipinski definition) is 11. The van der Waals surface area contributed by atoms with Crippen LogP contribution in [0, 0.1) is 35.5 Å². The molecule has 1 saturated carbocycles. The number of methoxy groups -OCH3 is 1. The van der Waals surface area contributed by atoms with Crippen molar-refractivity contribution >= 4 is 11.8 Å². The average molecular weight is 722 g/mol. The highest BCUT2D eigenvalue weighted by atomic mass is 16.7. The molecule has 0 aromatic carbocycles. The number of Topliss-reactive ketones (excluding diaryl/α,β-unsaturated/α-hetero) is 1. The Labute approximate surface area is 307 Å². The molecule has 0 unspecified atom stereocenters. The molecule has 3 aliphatic carbocycles. The molecule has 0 amide bonds. The minimum atomic E-state index is -1.12. The summed E-state index contributed by atoms with van der Waals surface area (Å²) in [4.78, 5) is 30.4. The van der Waals surface area contributed by atoms with Gasteiger partial charge in [-0.1, -0.05) is 31.6 Å². The summed E-state index contributed by atoms with van der Waals surface area (Å²) in [5.41, 5.74) is 1.99. The minimum Gasteiger partial charge on any atom is -0.462 e. The molecular formula is C40H67NO10. The first-order valence-electron chi connectivity index (χ1n) is 19.6. The van der Waals surface area contributed by atoms with Crippen molar-refractivity contribution in [1.82, 2.24) is 4.90 Å². The first kappa shape index (κ1) is 39.0. The maximum atomic E-state index is 14.7. The molecule has 4 fully saturated rings. The Bertz CT molecular complexity index is 1310. The van der Waals surface area contributed by atoms with Crippen molar-refractivity contribution in [2.24, 2.45) is 35.5 Å². The molecule has 11 nitrogen and oxygen atoms in total. The number of aliphatic hydroxyl groups is 2. The summed E-state index contributed by atoms with van der Waals surface area (Å²) in [7, 11) is 5.65. The van der Waals surface area contributed by atoms with Crippen LogP contribution < -0.4 is 0 Å². The predicted octanol–water partition coefficient (Wildman–Crippen LogP) is 5.06. The Morgan fingerprint density at radius 3 is 2.37 bits per heavy atom. The maximum absolute atomic E-state index is 14.7. The molecule has 6 aliphatic rings. The summed E-state index contributed by atoms with van der Waals surface area (Å²) in [5, 5.41) is 21.0. The van der Waals surface area contributed by atoms with Crippen LogP contribution in [-0.2, 0) is 38.0 Å². The minimum absolute atomic E-state index is 0. The number of allylic oxidation sites excluding steroid dienone is 4. The molecule has 11 heteroatoms. The van der Waals surface area contributed by atoms with Gasteiger partial charge >= 0.3 is 5.97 Å². The van der Waals surface area contributed by atoms with Gasteiger partial charge in [0.1, 0.15) is 24.4 Å². The molecule has 2 N–H and O–H groups in total.